The van der Waals surface area contributed by atoms with Crippen molar-refractivity contribution in [2.45, 2.75) is 18.4 Å². The van der Waals surface area contributed by atoms with Gasteiger partial charge in [-0.15, -0.1) is 0 Å². The lowest BCUT2D eigenvalue weighted by Gasteiger charge is -2.10. The Hall–Kier alpha value is -1.35. The van der Waals surface area contributed by atoms with Crippen LogP contribution in [0, 0.1) is 5.82 Å². The van der Waals surface area contributed by atoms with Crippen LogP contribution in [0.15, 0.2) is 24.4 Å². The number of hydrogen-bond acceptors (Lipinski definition) is 1. The zero-order valence-electron chi connectivity index (χ0n) is 7.68. The molecule has 1 aliphatic carbocycles. The van der Waals surface area contributed by atoms with E-state index in [2.05, 4.69) is 4.98 Å². The van der Waals surface area contributed by atoms with Gasteiger partial charge in [-0.3, -0.25) is 0 Å². The summed E-state index contributed by atoms with van der Waals surface area (Å²) in [6, 6.07) is 4.94. The van der Waals surface area contributed by atoms with Crippen LogP contribution in [0.5, 0.6) is 0 Å². The van der Waals surface area contributed by atoms with Crippen molar-refractivity contribution in [3.8, 4) is 0 Å². The second kappa shape index (κ2) is 2.36. The van der Waals surface area contributed by atoms with Crippen molar-refractivity contribution in [2.24, 2.45) is 5.73 Å². The number of H-pyrrole nitrogens is 1. The molecule has 1 aromatic carbocycles. The number of nitrogens with one attached hydrogen (secondary N) is 1. The normalized spacial score (nSPS) is 18.7. The Morgan fingerprint density at radius 2 is 2.14 bits per heavy atom. The number of rotatable bonds is 1. The van der Waals surface area contributed by atoms with Gasteiger partial charge in [0, 0.05) is 17.1 Å². The van der Waals surface area contributed by atoms with Crippen LogP contribution in [0.4, 0.5) is 4.39 Å². The molecular weight excluding hydrogens is 179 g/mol. The number of aromatic nitrogens is 1. The topological polar surface area (TPSA) is 41.8 Å². The first kappa shape index (κ1) is 8.00. The Morgan fingerprint density at radius 3 is 2.86 bits per heavy atom. The highest BCUT2D eigenvalue weighted by Gasteiger charge is 2.41. The third kappa shape index (κ3) is 0.990. The minimum absolute atomic E-state index is 0.205. The average Bonchev–Trinajstić information content (AvgIpc) is 2.74. The monoisotopic (exact) mass is 190 g/mol. The van der Waals surface area contributed by atoms with E-state index in [-0.39, 0.29) is 11.4 Å². The Morgan fingerprint density at radius 1 is 1.36 bits per heavy atom. The minimum atomic E-state index is -0.287. The van der Waals surface area contributed by atoms with E-state index in [9.17, 15) is 4.39 Å². The highest BCUT2D eigenvalue weighted by Crippen LogP contribution is 2.45. The first-order valence-electron chi connectivity index (χ1n) is 4.75. The number of halogens is 1. The summed E-state index contributed by atoms with van der Waals surface area (Å²) in [5, 5.41) is 0.900. The fourth-order valence-electron chi connectivity index (χ4n) is 1.93. The number of hydrogen-bond donors (Lipinski definition) is 2. The van der Waals surface area contributed by atoms with Crippen LogP contribution in [-0.4, -0.2) is 4.98 Å². The second-order valence-electron chi connectivity index (χ2n) is 4.05. The fourth-order valence-corrected chi connectivity index (χ4v) is 1.93. The van der Waals surface area contributed by atoms with E-state index in [0.717, 1.165) is 29.3 Å². The summed E-state index contributed by atoms with van der Waals surface area (Å²) in [4.78, 5) is 3.12. The van der Waals surface area contributed by atoms with Gasteiger partial charge in [-0.25, -0.2) is 4.39 Å². The van der Waals surface area contributed by atoms with E-state index in [1.54, 1.807) is 6.07 Å². The van der Waals surface area contributed by atoms with Gasteiger partial charge in [0.25, 0.3) is 0 Å². The lowest BCUT2D eigenvalue weighted by Crippen LogP contribution is -2.19. The molecule has 2 aromatic rings. The summed E-state index contributed by atoms with van der Waals surface area (Å²) in [6.07, 6.45) is 3.72. The number of fused-ring (bicyclic) bond motifs is 1. The Kier molecular flexibility index (Phi) is 1.35. The SMILES string of the molecule is NC1(c2cc(F)cc3cc[nH]c23)CC1. The summed E-state index contributed by atoms with van der Waals surface area (Å²) < 4.78 is 13.3. The van der Waals surface area contributed by atoms with Crippen molar-refractivity contribution >= 4 is 10.9 Å². The largest absolute Gasteiger partial charge is 0.361 e. The third-order valence-electron chi connectivity index (χ3n) is 2.95. The second-order valence-corrected chi connectivity index (χ2v) is 4.05. The molecule has 1 fully saturated rings. The molecule has 0 spiro atoms. The van der Waals surface area contributed by atoms with E-state index < -0.39 is 0 Å². The number of aromatic amines is 1. The first-order valence-corrected chi connectivity index (χ1v) is 4.75. The van der Waals surface area contributed by atoms with Crippen molar-refractivity contribution < 1.29 is 4.39 Å². The van der Waals surface area contributed by atoms with Gasteiger partial charge in [0.15, 0.2) is 0 Å². The predicted octanol–water partition coefficient (Wildman–Crippen LogP) is 2.25. The summed E-state index contributed by atoms with van der Waals surface area (Å²) in [5.41, 5.74) is 7.68. The summed E-state index contributed by atoms with van der Waals surface area (Å²) >= 11 is 0. The van der Waals surface area contributed by atoms with Crippen LogP contribution >= 0.6 is 0 Å². The predicted molar refractivity (Wildman–Crippen MR) is 53.4 cm³/mol. The van der Waals surface area contributed by atoms with Crippen molar-refractivity contribution in [3.05, 3.63) is 35.8 Å². The maximum absolute atomic E-state index is 13.3. The van der Waals surface area contributed by atoms with Crippen LogP contribution in [0.1, 0.15) is 18.4 Å². The summed E-state index contributed by atoms with van der Waals surface area (Å²) in [5.74, 6) is -0.205. The number of nitrogens with two attached hydrogens (primary N) is 1. The molecule has 1 heterocycles. The maximum Gasteiger partial charge on any atom is 0.124 e. The molecule has 1 saturated carbocycles. The van der Waals surface area contributed by atoms with Crippen molar-refractivity contribution in [1.82, 2.24) is 4.98 Å². The van der Waals surface area contributed by atoms with Gasteiger partial charge in [-0.05, 0) is 36.6 Å². The molecule has 3 N–H and O–H groups in total. The summed E-state index contributed by atoms with van der Waals surface area (Å²) in [6.45, 7) is 0. The third-order valence-corrected chi connectivity index (χ3v) is 2.95. The molecule has 0 saturated heterocycles. The lowest BCUT2D eigenvalue weighted by molar-refractivity contribution is 0.621. The van der Waals surface area contributed by atoms with E-state index in [0.29, 0.717) is 0 Å². The van der Waals surface area contributed by atoms with Crippen LogP contribution < -0.4 is 5.73 Å². The van der Waals surface area contributed by atoms with Crippen molar-refractivity contribution in [2.75, 3.05) is 0 Å². The van der Waals surface area contributed by atoms with E-state index >= 15 is 0 Å². The fraction of sp³-hybridized carbons (Fsp3) is 0.273. The van der Waals surface area contributed by atoms with Gasteiger partial charge in [0.1, 0.15) is 5.82 Å². The lowest BCUT2D eigenvalue weighted by atomic mass is 10.0. The molecule has 3 heteroatoms. The molecule has 1 aliphatic rings. The molecule has 0 aliphatic heterocycles. The van der Waals surface area contributed by atoms with Gasteiger partial charge >= 0.3 is 0 Å². The molecular formula is C11H11FN2. The smallest absolute Gasteiger partial charge is 0.124 e. The standard InChI is InChI=1S/C11H11FN2/c12-8-5-7-1-4-14-10(7)9(6-8)11(13)2-3-11/h1,4-6,14H,2-3,13H2. The molecule has 14 heavy (non-hydrogen) atoms. The first-order chi connectivity index (χ1) is 6.69. The van der Waals surface area contributed by atoms with Gasteiger partial charge in [0.2, 0.25) is 0 Å². The molecule has 2 nitrogen and oxygen atoms in total. The zero-order chi connectivity index (χ0) is 9.76. The van der Waals surface area contributed by atoms with Gasteiger partial charge in [0.05, 0.1) is 5.52 Å². The Bertz CT molecular complexity index is 497. The molecule has 0 unspecified atom stereocenters. The summed E-state index contributed by atoms with van der Waals surface area (Å²) in [7, 11) is 0. The van der Waals surface area contributed by atoms with E-state index in [1.165, 1.54) is 6.07 Å². The van der Waals surface area contributed by atoms with Gasteiger partial charge < -0.3 is 10.7 Å². The van der Waals surface area contributed by atoms with Crippen LogP contribution in [0.25, 0.3) is 10.9 Å². The molecule has 0 radical (unpaired) electrons. The molecule has 3 rings (SSSR count). The highest BCUT2D eigenvalue weighted by atomic mass is 19.1. The maximum atomic E-state index is 13.3. The molecule has 0 bridgehead atoms. The quantitative estimate of drug-likeness (QED) is 0.711. The van der Waals surface area contributed by atoms with Crippen LogP contribution in [0.2, 0.25) is 0 Å². The zero-order valence-corrected chi connectivity index (χ0v) is 7.68. The molecule has 0 atom stereocenters. The minimum Gasteiger partial charge on any atom is -0.361 e. The van der Waals surface area contributed by atoms with Gasteiger partial charge in [-0.1, -0.05) is 0 Å². The van der Waals surface area contributed by atoms with Crippen molar-refractivity contribution in [1.29, 1.82) is 0 Å². The molecule has 72 valence electrons. The van der Waals surface area contributed by atoms with Crippen molar-refractivity contribution in [3.63, 3.8) is 0 Å². The van der Waals surface area contributed by atoms with Crippen LogP contribution in [-0.2, 0) is 5.54 Å². The Balaban J connectivity index is 2.35. The van der Waals surface area contributed by atoms with E-state index in [1.807, 2.05) is 12.3 Å². The van der Waals surface area contributed by atoms with E-state index in [4.69, 9.17) is 5.73 Å². The Labute approximate surface area is 80.9 Å². The molecule has 1 aromatic heterocycles. The number of benzene rings is 1. The van der Waals surface area contributed by atoms with Gasteiger partial charge in [-0.2, -0.15) is 0 Å². The highest BCUT2D eigenvalue weighted by molar-refractivity contribution is 5.84. The molecule has 0 amide bonds. The van der Waals surface area contributed by atoms with Crippen LogP contribution in [0.3, 0.4) is 0 Å². The average molecular weight is 190 g/mol.